The molecule has 0 aliphatic heterocycles. The molecule has 21 heavy (non-hydrogen) atoms. The molecule has 2 aromatic rings. The van der Waals surface area contributed by atoms with Crippen LogP contribution in [0.15, 0.2) is 36.4 Å². The number of hydrogen-bond donors (Lipinski definition) is 1. The molecule has 3 heteroatoms. The smallest absolute Gasteiger partial charge is 0.227 e. The molecule has 0 bridgehead atoms. The molecule has 2 unspecified atom stereocenters. The van der Waals surface area contributed by atoms with Crippen molar-refractivity contribution >= 4 is 16.7 Å². The minimum absolute atomic E-state index is 0.0808. The van der Waals surface area contributed by atoms with Crippen LogP contribution in [-0.2, 0) is 4.79 Å². The van der Waals surface area contributed by atoms with Crippen molar-refractivity contribution in [2.75, 3.05) is 7.11 Å². The molecule has 0 spiro atoms. The Balaban J connectivity index is 2.24. The lowest BCUT2D eigenvalue weighted by Crippen LogP contribution is -2.35. The van der Waals surface area contributed by atoms with Gasteiger partial charge in [0, 0.05) is 6.04 Å². The second-order valence-electron chi connectivity index (χ2n) is 5.51. The van der Waals surface area contributed by atoms with Crippen LogP contribution in [0.25, 0.3) is 10.8 Å². The van der Waals surface area contributed by atoms with Crippen LogP contribution in [0.4, 0.5) is 0 Å². The van der Waals surface area contributed by atoms with Gasteiger partial charge in [-0.25, -0.2) is 0 Å². The maximum atomic E-state index is 12.2. The summed E-state index contributed by atoms with van der Waals surface area (Å²) >= 11 is 0. The van der Waals surface area contributed by atoms with E-state index < -0.39 is 0 Å². The van der Waals surface area contributed by atoms with E-state index in [1.54, 1.807) is 7.11 Å². The van der Waals surface area contributed by atoms with E-state index in [1.165, 1.54) is 0 Å². The van der Waals surface area contributed by atoms with Gasteiger partial charge in [0.2, 0.25) is 5.91 Å². The summed E-state index contributed by atoms with van der Waals surface area (Å²) in [6.07, 6.45) is 0.940. The number of benzene rings is 2. The Hall–Kier alpha value is -2.03. The lowest BCUT2D eigenvalue weighted by atomic mass is 9.96. The number of rotatable bonds is 5. The van der Waals surface area contributed by atoms with E-state index in [2.05, 4.69) is 18.3 Å². The van der Waals surface area contributed by atoms with E-state index in [4.69, 9.17) is 4.74 Å². The highest BCUT2D eigenvalue weighted by molar-refractivity contribution is 5.88. The van der Waals surface area contributed by atoms with Gasteiger partial charge < -0.3 is 10.1 Å². The Morgan fingerprint density at radius 3 is 2.48 bits per heavy atom. The quantitative estimate of drug-likeness (QED) is 0.905. The van der Waals surface area contributed by atoms with Crippen molar-refractivity contribution in [2.24, 2.45) is 0 Å². The zero-order valence-corrected chi connectivity index (χ0v) is 13.1. The molecular formula is C18H23NO2. The molecule has 2 aromatic carbocycles. The van der Waals surface area contributed by atoms with Crippen molar-refractivity contribution in [1.82, 2.24) is 5.32 Å². The number of carbonyl (C=O) groups excluding carboxylic acids is 1. The third-order valence-electron chi connectivity index (χ3n) is 3.97. The molecule has 0 radical (unpaired) electrons. The molecule has 1 amide bonds. The van der Waals surface area contributed by atoms with E-state index in [1.807, 2.05) is 44.2 Å². The predicted molar refractivity (Wildman–Crippen MR) is 86.8 cm³/mol. The summed E-state index contributed by atoms with van der Waals surface area (Å²) in [6.45, 7) is 6.04. The van der Waals surface area contributed by atoms with Crippen LogP contribution >= 0.6 is 0 Å². The number of amides is 1. The fraction of sp³-hybridized carbons (Fsp3) is 0.389. The number of methoxy groups -OCH3 is 1. The Bertz CT molecular complexity index is 636. The maximum absolute atomic E-state index is 12.2. The highest BCUT2D eigenvalue weighted by Gasteiger charge is 2.16. The van der Waals surface area contributed by atoms with E-state index in [9.17, 15) is 4.79 Å². The van der Waals surface area contributed by atoms with Gasteiger partial charge in [-0.3, -0.25) is 4.79 Å². The van der Waals surface area contributed by atoms with Gasteiger partial charge >= 0.3 is 0 Å². The number of hydrogen-bond acceptors (Lipinski definition) is 2. The number of carbonyl (C=O) groups is 1. The van der Waals surface area contributed by atoms with E-state index in [0.717, 1.165) is 28.5 Å². The normalized spacial score (nSPS) is 13.7. The standard InChI is InChI=1S/C18H23NO2/c1-5-12(2)19-18(20)13(3)14-6-7-16-11-17(21-4)9-8-15(16)10-14/h6-13H,5H2,1-4H3,(H,19,20). The van der Waals surface area contributed by atoms with Gasteiger partial charge in [-0.2, -0.15) is 0 Å². The van der Waals surface area contributed by atoms with Gasteiger partial charge in [-0.05, 0) is 48.7 Å². The number of ether oxygens (including phenoxy) is 1. The minimum atomic E-state index is -0.148. The third-order valence-corrected chi connectivity index (χ3v) is 3.97. The lowest BCUT2D eigenvalue weighted by Gasteiger charge is -2.17. The summed E-state index contributed by atoms with van der Waals surface area (Å²) in [5, 5.41) is 5.28. The first-order valence-electron chi connectivity index (χ1n) is 7.43. The van der Waals surface area contributed by atoms with E-state index in [-0.39, 0.29) is 17.9 Å². The lowest BCUT2D eigenvalue weighted by molar-refractivity contribution is -0.122. The van der Waals surface area contributed by atoms with Crippen LogP contribution < -0.4 is 10.1 Å². The maximum Gasteiger partial charge on any atom is 0.227 e. The Morgan fingerprint density at radius 2 is 1.81 bits per heavy atom. The van der Waals surface area contributed by atoms with Crippen molar-refractivity contribution < 1.29 is 9.53 Å². The molecule has 0 heterocycles. The average Bonchev–Trinajstić information content (AvgIpc) is 2.52. The molecule has 0 aliphatic rings. The summed E-state index contributed by atoms with van der Waals surface area (Å²) in [7, 11) is 1.66. The van der Waals surface area contributed by atoms with Crippen molar-refractivity contribution in [3.63, 3.8) is 0 Å². The fourth-order valence-corrected chi connectivity index (χ4v) is 2.26. The summed E-state index contributed by atoms with van der Waals surface area (Å²) < 4.78 is 5.23. The van der Waals surface area contributed by atoms with Gasteiger partial charge in [0.15, 0.2) is 0 Å². The molecule has 0 fully saturated rings. The van der Waals surface area contributed by atoms with Gasteiger partial charge in [0.05, 0.1) is 13.0 Å². The Morgan fingerprint density at radius 1 is 1.14 bits per heavy atom. The predicted octanol–water partition coefficient (Wildman–Crippen LogP) is 3.87. The molecule has 3 nitrogen and oxygen atoms in total. The van der Waals surface area contributed by atoms with Gasteiger partial charge in [0.1, 0.15) is 5.75 Å². The van der Waals surface area contributed by atoms with Crippen LogP contribution in [0.5, 0.6) is 5.75 Å². The van der Waals surface area contributed by atoms with Crippen molar-refractivity contribution in [2.45, 2.75) is 39.2 Å². The minimum Gasteiger partial charge on any atom is -0.497 e. The first-order valence-corrected chi connectivity index (χ1v) is 7.43. The van der Waals surface area contributed by atoms with Crippen LogP contribution in [0.1, 0.15) is 38.7 Å². The molecule has 0 aromatic heterocycles. The molecule has 0 aliphatic carbocycles. The molecule has 2 rings (SSSR count). The molecule has 2 atom stereocenters. The summed E-state index contributed by atoms with van der Waals surface area (Å²) in [4.78, 5) is 12.2. The van der Waals surface area contributed by atoms with E-state index in [0.29, 0.717) is 0 Å². The molecule has 0 saturated carbocycles. The number of nitrogens with one attached hydrogen (secondary N) is 1. The van der Waals surface area contributed by atoms with Gasteiger partial charge in [-0.1, -0.05) is 31.2 Å². The van der Waals surface area contributed by atoms with Crippen LogP contribution in [0, 0.1) is 0 Å². The first kappa shape index (κ1) is 15.4. The third kappa shape index (κ3) is 3.54. The zero-order chi connectivity index (χ0) is 15.4. The van der Waals surface area contributed by atoms with Crippen molar-refractivity contribution in [3.05, 3.63) is 42.0 Å². The first-order chi connectivity index (χ1) is 10.0. The van der Waals surface area contributed by atoms with Gasteiger partial charge in [0.25, 0.3) is 0 Å². The molecular weight excluding hydrogens is 262 g/mol. The Labute approximate surface area is 126 Å². The summed E-state index contributed by atoms with van der Waals surface area (Å²) in [5.74, 6) is 0.778. The largest absolute Gasteiger partial charge is 0.497 e. The molecule has 0 saturated heterocycles. The second kappa shape index (κ2) is 6.61. The highest BCUT2D eigenvalue weighted by Crippen LogP contribution is 2.25. The fourth-order valence-electron chi connectivity index (χ4n) is 2.26. The molecule has 112 valence electrons. The summed E-state index contributed by atoms with van der Waals surface area (Å²) in [5.41, 5.74) is 1.04. The monoisotopic (exact) mass is 285 g/mol. The van der Waals surface area contributed by atoms with Crippen LogP contribution in [-0.4, -0.2) is 19.1 Å². The zero-order valence-electron chi connectivity index (χ0n) is 13.1. The average molecular weight is 285 g/mol. The highest BCUT2D eigenvalue weighted by atomic mass is 16.5. The number of fused-ring (bicyclic) bond motifs is 1. The SMILES string of the molecule is CCC(C)NC(=O)C(C)c1ccc2cc(OC)ccc2c1. The van der Waals surface area contributed by atoms with Crippen molar-refractivity contribution in [3.8, 4) is 5.75 Å². The Kier molecular flexibility index (Phi) is 4.84. The van der Waals surface area contributed by atoms with Crippen LogP contribution in [0.3, 0.4) is 0 Å². The van der Waals surface area contributed by atoms with Crippen LogP contribution in [0.2, 0.25) is 0 Å². The van der Waals surface area contributed by atoms with E-state index >= 15 is 0 Å². The second-order valence-corrected chi connectivity index (χ2v) is 5.51. The topological polar surface area (TPSA) is 38.3 Å². The van der Waals surface area contributed by atoms with Gasteiger partial charge in [-0.15, -0.1) is 0 Å². The van der Waals surface area contributed by atoms with Crippen molar-refractivity contribution in [1.29, 1.82) is 0 Å². The summed E-state index contributed by atoms with van der Waals surface area (Å²) in [6, 6.07) is 12.3. The molecule has 1 N–H and O–H groups in total.